The minimum absolute atomic E-state index is 0.0698. The third-order valence-electron chi connectivity index (χ3n) is 3.83. The van der Waals surface area contributed by atoms with Crippen molar-refractivity contribution >= 4 is 15.9 Å². The van der Waals surface area contributed by atoms with E-state index in [1.54, 1.807) is 0 Å². The first-order chi connectivity index (χ1) is 9.20. The molecule has 1 aliphatic rings. The molecule has 0 spiro atoms. The molecule has 1 heterocycles. The molecule has 1 N–H and O–H groups in total. The lowest BCUT2D eigenvalue weighted by Gasteiger charge is -2.32. The number of rotatable bonds is 5. The highest BCUT2D eigenvalue weighted by Gasteiger charge is 2.21. The van der Waals surface area contributed by atoms with Gasteiger partial charge >= 0.3 is 0 Å². The van der Waals surface area contributed by atoms with Crippen LogP contribution in [0.4, 0.5) is 0 Å². The fraction of sp³-hybridized carbons (Fsp3) is 0.600. The first kappa shape index (κ1) is 15.0. The van der Waals surface area contributed by atoms with Gasteiger partial charge in [0, 0.05) is 24.2 Å². The van der Waals surface area contributed by atoms with Crippen molar-refractivity contribution in [2.24, 2.45) is 5.92 Å². The number of likely N-dealkylation sites (N-methyl/N-ethyl adjacent to an activating group) is 1. The fourth-order valence-corrected chi connectivity index (χ4v) is 3.09. The second-order valence-electron chi connectivity index (χ2n) is 5.25. The Labute approximate surface area is 123 Å². The number of aliphatic hydroxyl groups is 1. The van der Waals surface area contributed by atoms with Crippen LogP contribution in [-0.2, 0) is 4.74 Å². The van der Waals surface area contributed by atoms with Crippen LogP contribution in [0.15, 0.2) is 28.7 Å². The average Bonchev–Trinajstić information content (AvgIpc) is 2.41. The number of hydrogen-bond donors (Lipinski definition) is 1. The summed E-state index contributed by atoms with van der Waals surface area (Å²) in [6.07, 6.45) is 2.25. The second kappa shape index (κ2) is 7.39. The SMILES string of the molecule is CN(CC1CCOCC1)[C@@H](CO)c1cccc(Br)c1. The number of aliphatic hydroxyl groups excluding tert-OH is 1. The molecule has 106 valence electrons. The first-order valence-electron chi connectivity index (χ1n) is 6.85. The van der Waals surface area contributed by atoms with E-state index in [1.807, 2.05) is 12.1 Å². The van der Waals surface area contributed by atoms with Crippen molar-refractivity contribution in [3.8, 4) is 0 Å². The summed E-state index contributed by atoms with van der Waals surface area (Å²) < 4.78 is 6.45. The van der Waals surface area contributed by atoms with E-state index in [0.29, 0.717) is 5.92 Å². The molecule has 0 aromatic heterocycles. The van der Waals surface area contributed by atoms with Crippen molar-refractivity contribution < 1.29 is 9.84 Å². The van der Waals surface area contributed by atoms with Gasteiger partial charge in [-0.05, 0) is 43.5 Å². The smallest absolute Gasteiger partial charge is 0.0628 e. The summed E-state index contributed by atoms with van der Waals surface area (Å²) in [5.41, 5.74) is 1.16. The van der Waals surface area contributed by atoms with Gasteiger partial charge in [0.05, 0.1) is 12.6 Å². The van der Waals surface area contributed by atoms with Crippen molar-refractivity contribution in [1.29, 1.82) is 0 Å². The molecule has 1 atom stereocenters. The number of halogens is 1. The molecule has 1 aromatic carbocycles. The molecule has 0 bridgehead atoms. The standard InChI is InChI=1S/C15H22BrNO2/c1-17(10-12-5-7-19-8-6-12)15(11-18)13-3-2-4-14(16)9-13/h2-4,9,12,15,18H,5-8,10-11H2,1H3/t15-/m0/s1. The van der Waals surface area contributed by atoms with Crippen LogP contribution in [0.3, 0.4) is 0 Å². The summed E-state index contributed by atoms with van der Waals surface area (Å²) in [6.45, 7) is 2.91. The van der Waals surface area contributed by atoms with Gasteiger partial charge in [0.2, 0.25) is 0 Å². The summed E-state index contributed by atoms with van der Waals surface area (Å²) >= 11 is 3.49. The lowest BCUT2D eigenvalue weighted by molar-refractivity contribution is 0.0444. The molecule has 19 heavy (non-hydrogen) atoms. The van der Waals surface area contributed by atoms with E-state index in [0.717, 1.165) is 42.6 Å². The monoisotopic (exact) mass is 327 g/mol. The number of benzene rings is 1. The Balaban J connectivity index is 1.99. The maximum atomic E-state index is 9.69. The number of hydrogen-bond acceptors (Lipinski definition) is 3. The predicted molar refractivity (Wildman–Crippen MR) is 80.1 cm³/mol. The van der Waals surface area contributed by atoms with Gasteiger partial charge in [-0.25, -0.2) is 0 Å². The van der Waals surface area contributed by atoms with Crippen LogP contribution < -0.4 is 0 Å². The van der Waals surface area contributed by atoms with Gasteiger partial charge < -0.3 is 9.84 Å². The van der Waals surface area contributed by atoms with Crippen molar-refractivity contribution in [3.05, 3.63) is 34.3 Å². The zero-order valence-corrected chi connectivity index (χ0v) is 13.0. The molecule has 3 nitrogen and oxygen atoms in total. The predicted octanol–water partition coefficient (Wildman–Crippen LogP) is 2.84. The second-order valence-corrected chi connectivity index (χ2v) is 6.16. The third-order valence-corrected chi connectivity index (χ3v) is 4.32. The number of nitrogens with zero attached hydrogens (tertiary/aromatic N) is 1. The largest absolute Gasteiger partial charge is 0.394 e. The molecular formula is C15H22BrNO2. The van der Waals surface area contributed by atoms with Gasteiger partial charge in [-0.15, -0.1) is 0 Å². The zero-order valence-electron chi connectivity index (χ0n) is 11.4. The van der Waals surface area contributed by atoms with E-state index in [9.17, 15) is 5.11 Å². The molecule has 0 saturated carbocycles. The molecule has 1 aliphatic heterocycles. The Kier molecular flexibility index (Phi) is 5.82. The molecule has 0 radical (unpaired) electrons. The van der Waals surface area contributed by atoms with Crippen molar-refractivity contribution in [1.82, 2.24) is 4.90 Å². The van der Waals surface area contributed by atoms with Crippen LogP contribution in [0.25, 0.3) is 0 Å². The lowest BCUT2D eigenvalue weighted by Crippen LogP contribution is -2.34. The first-order valence-corrected chi connectivity index (χ1v) is 7.64. The van der Waals surface area contributed by atoms with Crippen molar-refractivity contribution in [2.45, 2.75) is 18.9 Å². The maximum absolute atomic E-state index is 9.69. The van der Waals surface area contributed by atoms with Crippen LogP contribution in [0.5, 0.6) is 0 Å². The normalized spacial score (nSPS) is 18.7. The molecule has 0 aliphatic carbocycles. The molecule has 1 saturated heterocycles. The molecule has 4 heteroatoms. The van der Waals surface area contributed by atoms with Gasteiger partial charge in [0.1, 0.15) is 0 Å². The maximum Gasteiger partial charge on any atom is 0.0628 e. The van der Waals surface area contributed by atoms with Gasteiger partial charge in [-0.1, -0.05) is 28.1 Å². The van der Waals surface area contributed by atoms with Gasteiger partial charge in [0.25, 0.3) is 0 Å². The fourth-order valence-electron chi connectivity index (χ4n) is 2.68. The topological polar surface area (TPSA) is 32.7 Å². The summed E-state index contributed by atoms with van der Waals surface area (Å²) in [5.74, 6) is 0.681. The quantitative estimate of drug-likeness (QED) is 0.902. The highest BCUT2D eigenvalue weighted by atomic mass is 79.9. The van der Waals surface area contributed by atoms with E-state index >= 15 is 0 Å². The Morgan fingerprint density at radius 1 is 1.42 bits per heavy atom. The van der Waals surface area contributed by atoms with Crippen molar-refractivity contribution in [2.75, 3.05) is 33.4 Å². The Morgan fingerprint density at radius 3 is 2.79 bits per heavy atom. The van der Waals surface area contributed by atoms with E-state index in [2.05, 4.69) is 40.0 Å². The Hall–Kier alpha value is -0.420. The van der Waals surface area contributed by atoms with Crippen molar-refractivity contribution in [3.63, 3.8) is 0 Å². The van der Waals surface area contributed by atoms with E-state index in [4.69, 9.17) is 4.74 Å². The molecule has 0 amide bonds. The highest BCUT2D eigenvalue weighted by Crippen LogP contribution is 2.25. The van der Waals surface area contributed by atoms with Crippen LogP contribution in [0, 0.1) is 5.92 Å². The molecule has 1 aromatic rings. The Morgan fingerprint density at radius 2 is 2.16 bits per heavy atom. The molecular weight excluding hydrogens is 306 g/mol. The molecule has 0 unspecified atom stereocenters. The third kappa shape index (κ3) is 4.28. The Bertz CT molecular complexity index is 393. The summed E-state index contributed by atoms with van der Waals surface area (Å²) in [7, 11) is 2.09. The van der Waals surface area contributed by atoms with E-state index in [-0.39, 0.29) is 12.6 Å². The average molecular weight is 328 g/mol. The van der Waals surface area contributed by atoms with E-state index < -0.39 is 0 Å². The molecule has 2 rings (SSSR count). The summed E-state index contributed by atoms with van der Waals surface area (Å²) in [4.78, 5) is 2.26. The van der Waals surface area contributed by atoms with Crippen LogP contribution >= 0.6 is 15.9 Å². The van der Waals surface area contributed by atoms with Gasteiger partial charge in [-0.3, -0.25) is 4.90 Å². The van der Waals surface area contributed by atoms with Gasteiger partial charge in [0.15, 0.2) is 0 Å². The number of ether oxygens (including phenoxy) is 1. The van der Waals surface area contributed by atoms with Gasteiger partial charge in [-0.2, -0.15) is 0 Å². The van der Waals surface area contributed by atoms with E-state index in [1.165, 1.54) is 0 Å². The molecule has 1 fully saturated rings. The van der Waals surface area contributed by atoms with Crippen LogP contribution in [0.1, 0.15) is 24.4 Å². The highest BCUT2D eigenvalue weighted by molar-refractivity contribution is 9.10. The zero-order chi connectivity index (χ0) is 13.7. The lowest BCUT2D eigenvalue weighted by atomic mass is 9.98. The summed E-state index contributed by atoms with van der Waals surface area (Å²) in [5, 5.41) is 9.69. The minimum atomic E-state index is 0.0698. The van der Waals surface area contributed by atoms with Crippen LogP contribution in [-0.4, -0.2) is 43.4 Å². The van der Waals surface area contributed by atoms with Crippen LogP contribution in [0.2, 0.25) is 0 Å². The minimum Gasteiger partial charge on any atom is -0.394 e. The summed E-state index contributed by atoms with van der Waals surface area (Å²) in [6, 6.07) is 8.26.